The van der Waals surface area contributed by atoms with E-state index in [4.69, 9.17) is 22.1 Å². The molecule has 0 bridgehead atoms. The van der Waals surface area contributed by atoms with Crippen LogP contribution in [-0.2, 0) is 0 Å². The summed E-state index contributed by atoms with van der Waals surface area (Å²) < 4.78 is 19.4. The van der Waals surface area contributed by atoms with Gasteiger partial charge in [0.15, 0.2) is 11.6 Å². The average Bonchev–Trinajstić information content (AvgIpc) is 2.28. The number of anilines is 1. The molecule has 0 aliphatic heterocycles. The molecule has 0 spiro atoms. The first-order valence-electron chi connectivity index (χ1n) is 4.61. The Morgan fingerprint density at radius 2 is 2.06 bits per heavy atom. The third-order valence-corrected chi connectivity index (χ3v) is 2.66. The van der Waals surface area contributed by atoms with Gasteiger partial charge >= 0.3 is 0 Å². The highest BCUT2D eigenvalue weighted by atomic mass is 79.9. The summed E-state index contributed by atoms with van der Waals surface area (Å²) in [6.45, 7) is 0. The van der Waals surface area contributed by atoms with Crippen molar-refractivity contribution in [1.29, 1.82) is 0 Å². The standard InChI is InChI=1S/C11H7BrClFN2O/c12-6-1-2-7(14)9(5-6)17-11-8(15)3-4-10(13)16-11/h1-5H,15H2. The molecule has 3 nitrogen and oxygen atoms in total. The molecule has 0 unspecified atom stereocenters. The Labute approximate surface area is 110 Å². The van der Waals surface area contributed by atoms with Crippen LogP contribution in [0.25, 0.3) is 0 Å². The smallest absolute Gasteiger partial charge is 0.244 e. The molecule has 0 aliphatic rings. The van der Waals surface area contributed by atoms with Crippen LogP contribution in [0.3, 0.4) is 0 Å². The summed E-state index contributed by atoms with van der Waals surface area (Å²) in [5.74, 6) is -0.398. The van der Waals surface area contributed by atoms with Gasteiger partial charge < -0.3 is 10.5 Å². The van der Waals surface area contributed by atoms with Crippen LogP contribution in [0.4, 0.5) is 10.1 Å². The predicted octanol–water partition coefficient (Wildman–Crippen LogP) is 4.01. The number of hydrogen-bond acceptors (Lipinski definition) is 3. The Bertz CT molecular complexity index is 516. The molecule has 0 aliphatic carbocycles. The highest BCUT2D eigenvalue weighted by Crippen LogP contribution is 2.30. The molecule has 17 heavy (non-hydrogen) atoms. The minimum atomic E-state index is -0.505. The van der Waals surface area contributed by atoms with Crippen molar-refractivity contribution in [2.75, 3.05) is 5.73 Å². The van der Waals surface area contributed by atoms with Gasteiger partial charge in [-0.15, -0.1) is 0 Å². The first kappa shape index (κ1) is 12.1. The lowest BCUT2D eigenvalue weighted by atomic mass is 10.3. The van der Waals surface area contributed by atoms with Crippen LogP contribution >= 0.6 is 27.5 Å². The monoisotopic (exact) mass is 316 g/mol. The van der Waals surface area contributed by atoms with Crippen molar-refractivity contribution in [3.05, 3.63) is 45.8 Å². The van der Waals surface area contributed by atoms with Crippen LogP contribution in [0.2, 0.25) is 5.15 Å². The molecule has 0 fully saturated rings. The zero-order chi connectivity index (χ0) is 12.4. The van der Waals surface area contributed by atoms with Crippen LogP contribution in [0.5, 0.6) is 11.6 Å². The van der Waals surface area contributed by atoms with Crippen LogP contribution < -0.4 is 10.5 Å². The van der Waals surface area contributed by atoms with Crippen molar-refractivity contribution < 1.29 is 9.13 Å². The molecule has 2 aromatic rings. The number of pyridine rings is 1. The number of nitrogen functional groups attached to an aromatic ring is 1. The molecule has 0 amide bonds. The molecule has 6 heteroatoms. The summed E-state index contributed by atoms with van der Waals surface area (Å²) in [6, 6.07) is 7.40. The number of nitrogens with two attached hydrogens (primary N) is 1. The van der Waals surface area contributed by atoms with E-state index in [2.05, 4.69) is 20.9 Å². The molecular weight excluding hydrogens is 310 g/mol. The molecule has 0 radical (unpaired) electrons. The van der Waals surface area contributed by atoms with Crippen LogP contribution in [0, 0.1) is 5.82 Å². The number of halogens is 3. The SMILES string of the molecule is Nc1ccc(Cl)nc1Oc1cc(Br)ccc1F. The van der Waals surface area contributed by atoms with Gasteiger partial charge in [0.2, 0.25) is 5.88 Å². The summed E-state index contributed by atoms with van der Waals surface area (Å²) in [5.41, 5.74) is 5.93. The summed E-state index contributed by atoms with van der Waals surface area (Å²) in [5, 5.41) is 0.226. The van der Waals surface area contributed by atoms with E-state index >= 15 is 0 Å². The van der Waals surface area contributed by atoms with Gasteiger partial charge in [0.1, 0.15) is 5.15 Å². The van der Waals surface area contributed by atoms with Gasteiger partial charge in [-0.25, -0.2) is 4.39 Å². The fraction of sp³-hybridized carbons (Fsp3) is 0. The summed E-state index contributed by atoms with van der Waals surface area (Å²) in [6.07, 6.45) is 0. The minimum absolute atomic E-state index is 0.0286. The van der Waals surface area contributed by atoms with E-state index < -0.39 is 5.82 Å². The number of aromatic nitrogens is 1. The molecule has 88 valence electrons. The van der Waals surface area contributed by atoms with E-state index in [9.17, 15) is 4.39 Å². The quantitative estimate of drug-likeness (QED) is 0.851. The third kappa shape index (κ3) is 2.87. The predicted molar refractivity (Wildman–Crippen MR) is 67.8 cm³/mol. The van der Waals surface area contributed by atoms with E-state index in [1.807, 2.05) is 0 Å². The van der Waals surface area contributed by atoms with Gasteiger partial charge in [-0.05, 0) is 30.3 Å². The zero-order valence-electron chi connectivity index (χ0n) is 8.45. The van der Waals surface area contributed by atoms with Crippen molar-refractivity contribution in [1.82, 2.24) is 4.98 Å². The summed E-state index contributed by atoms with van der Waals surface area (Å²) in [7, 11) is 0. The maximum Gasteiger partial charge on any atom is 0.244 e. The normalized spacial score (nSPS) is 10.3. The Morgan fingerprint density at radius 1 is 1.29 bits per heavy atom. The molecule has 1 aromatic carbocycles. The number of benzene rings is 1. The lowest BCUT2D eigenvalue weighted by Gasteiger charge is -2.08. The molecule has 0 atom stereocenters. The summed E-state index contributed by atoms with van der Waals surface area (Å²) >= 11 is 8.92. The Balaban J connectivity index is 2.37. The highest BCUT2D eigenvalue weighted by molar-refractivity contribution is 9.10. The number of rotatable bonds is 2. The van der Waals surface area contributed by atoms with E-state index in [1.54, 1.807) is 12.1 Å². The number of nitrogens with zero attached hydrogens (tertiary/aromatic N) is 1. The maximum atomic E-state index is 13.4. The van der Waals surface area contributed by atoms with Gasteiger partial charge in [-0.2, -0.15) is 4.98 Å². The molecule has 2 N–H and O–H groups in total. The van der Waals surface area contributed by atoms with Crippen molar-refractivity contribution in [3.8, 4) is 11.6 Å². The third-order valence-electron chi connectivity index (χ3n) is 1.96. The van der Waals surface area contributed by atoms with Crippen molar-refractivity contribution in [3.63, 3.8) is 0 Å². The van der Waals surface area contributed by atoms with Gasteiger partial charge in [0.25, 0.3) is 0 Å². The second-order valence-corrected chi connectivity index (χ2v) is 4.51. The Hall–Kier alpha value is -1.33. The first-order chi connectivity index (χ1) is 8.06. The molecule has 2 rings (SSSR count). The topological polar surface area (TPSA) is 48.1 Å². The first-order valence-corrected chi connectivity index (χ1v) is 5.78. The molecule has 1 heterocycles. The van der Waals surface area contributed by atoms with E-state index in [0.717, 1.165) is 0 Å². The Kier molecular flexibility index (Phi) is 3.49. The number of ether oxygens (including phenoxy) is 1. The van der Waals surface area contributed by atoms with Crippen LogP contribution in [0.15, 0.2) is 34.8 Å². The maximum absolute atomic E-state index is 13.4. The number of hydrogen-bond donors (Lipinski definition) is 1. The van der Waals surface area contributed by atoms with Gasteiger partial charge in [0.05, 0.1) is 5.69 Å². The average molecular weight is 318 g/mol. The van der Waals surface area contributed by atoms with Gasteiger partial charge in [-0.1, -0.05) is 27.5 Å². The largest absolute Gasteiger partial charge is 0.434 e. The van der Waals surface area contributed by atoms with Crippen molar-refractivity contribution in [2.45, 2.75) is 0 Å². The van der Waals surface area contributed by atoms with Crippen molar-refractivity contribution >= 4 is 33.2 Å². The lowest BCUT2D eigenvalue weighted by Crippen LogP contribution is -1.96. The summed E-state index contributed by atoms with van der Waals surface area (Å²) in [4.78, 5) is 3.88. The molecule has 0 saturated carbocycles. The van der Waals surface area contributed by atoms with Gasteiger partial charge in [0, 0.05) is 4.47 Å². The fourth-order valence-corrected chi connectivity index (χ4v) is 1.65. The zero-order valence-corrected chi connectivity index (χ0v) is 10.8. The van der Waals surface area contributed by atoms with Gasteiger partial charge in [-0.3, -0.25) is 0 Å². The van der Waals surface area contributed by atoms with E-state index in [1.165, 1.54) is 18.2 Å². The second-order valence-electron chi connectivity index (χ2n) is 3.21. The lowest BCUT2D eigenvalue weighted by molar-refractivity contribution is 0.429. The van der Waals surface area contributed by atoms with E-state index in [0.29, 0.717) is 4.47 Å². The fourth-order valence-electron chi connectivity index (χ4n) is 1.17. The Morgan fingerprint density at radius 3 is 2.82 bits per heavy atom. The van der Waals surface area contributed by atoms with Crippen molar-refractivity contribution in [2.24, 2.45) is 0 Å². The van der Waals surface area contributed by atoms with Crippen LogP contribution in [0.1, 0.15) is 0 Å². The molecule has 0 saturated heterocycles. The molecule has 1 aromatic heterocycles. The molecular formula is C11H7BrClFN2O. The highest BCUT2D eigenvalue weighted by Gasteiger charge is 2.09. The van der Waals surface area contributed by atoms with E-state index in [-0.39, 0.29) is 22.5 Å². The second kappa shape index (κ2) is 4.89. The van der Waals surface area contributed by atoms with Crippen LogP contribution in [-0.4, -0.2) is 4.98 Å². The minimum Gasteiger partial charge on any atom is -0.434 e.